The van der Waals surface area contributed by atoms with Crippen molar-refractivity contribution in [3.05, 3.63) is 53.1 Å². The highest BCUT2D eigenvalue weighted by atomic mass is 32.1. The minimum absolute atomic E-state index is 0.164. The summed E-state index contributed by atoms with van der Waals surface area (Å²) in [6.45, 7) is 9.15. The molecule has 1 aromatic carbocycles. The van der Waals surface area contributed by atoms with E-state index < -0.39 is 0 Å². The molecular formula is C22H25N3O3S. The molecule has 1 aliphatic heterocycles. The van der Waals surface area contributed by atoms with Gasteiger partial charge in [-0.15, -0.1) is 11.3 Å². The number of carbonyl (C=O) groups excluding carboxylic acids is 1. The minimum Gasteiger partial charge on any atom is -0.378 e. The van der Waals surface area contributed by atoms with Crippen LogP contribution in [0.15, 0.2) is 47.0 Å². The van der Waals surface area contributed by atoms with Crippen molar-refractivity contribution < 1.29 is 14.1 Å². The number of thiophene rings is 1. The fourth-order valence-corrected chi connectivity index (χ4v) is 4.31. The molecule has 152 valence electrons. The third-order valence-electron chi connectivity index (χ3n) is 4.81. The molecule has 0 spiro atoms. The smallest absolute Gasteiger partial charge is 0.267 e. The fraction of sp³-hybridized carbons (Fsp3) is 0.364. The minimum atomic E-state index is -0.180. The highest BCUT2D eigenvalue weighted by Gasteiger charge is 2.24. The number of morpholine rings is 1. The summed E-state index contributed by atoms with van der Waals surface area (Å²) in [4.78, 5) is 15.9. The normalized spacial score (nSPS) is 14.8. The van der Waals surface area contributed by atoms with Gasteiger partial charge in [-0.3, -0.25) is 4.79 Å². The monoisotopic (exact) mass is 411 g/mol. The van der Waals surface area contributed by atoms with Crippen molar-refractivity contribution in [3.8, 4) is 11.1 Å². The summed E-state index contributed by atoms with van der Waals surface area (Å²) in [6, 6.07) is 13.9. The molecule has 0 radical (unpaired) electrons. The average Bonchev–Trinajstić information content (AvgIpc) is 3.36. The highest BCUT2D eigenvalue weighted by Crippen LogP contribution is 2.39. The summed E-state index contributed by atoms with van der Waals surface area (Å²) in [5.41, 5.74) is 2.00. The number of amides is 1. The van der Waals surface area contributed by atoms with Crippen molar-refractivity contribution in [1.82, 2.24) is 5.16 Å². The quantitative estimate of drug-likeness (QED) is 0.669. The lowest BCUT2D eigenvalue weighted by atomic mass is 9.93. The van der Waals surface area contributed by atoms with Crippen molar-refractivity contribution in [2.45, 2.75) is 26.2 Å². The third-order valence-corrected chi connectivity index (χ3v) is 6.00. The van der Waals surface area contributed by atoms with Crippen LogP contribution in [0, 0.1) is 0 Å². The van der Waals surface area contributed by atoms with Crippen LogP contribution in [0.2, 0.25) is 0 Å². The van der Waals surface area contributed by atoms with E-state index in [-0.39, 0.29) is 11.3 Å². The predicted molar refractivity (Wildman–Crippen MR) is 116 cm³/mol. The van der Waals surface area contributed by atoms with Crippen molar-refractivity contribution in [1.29, 1.82) is 0 Å². The highest BCUT2D eigenvalue weighted by molar-refractivity contribution is 7.18. The molecule has 2 aromatic heterocycles. The van der Waals surface area contributed by atoms with Gasteiger partial charge in [-0.1, -0.05) is 56.3 Å². The molecule has 6 nitrogen and oxygen atoms in total. The first-order chi connectivity index (χ1) is 13.9. The van der Waals surface area contributed by atoms with Gasteiger partial charge < -0.3 is 19.5 Å². The van der Waals surface area contributed by atoms with Crippen LogP contribution in [-0.4, -0.2) is 37.4 Å². The van der Waals surface area contributed by atoms with Gasteiger partial charge in [-0.2, -0.15) is 0 Å². The Morgan fingerprint density at radius 3 is 2.52 bits per heavy atom. The lowest BCUT2D eigenvalue weighted by molar-refractivity contribution is 0.102. The van der Waals surface area contributed by atoms with Crippen molar-refractivity contribution in [2.75, 3.05) is 36.5 Å². The number of nitrogens with zero attached hydrogens (tertiary/aromatic N) is 2. The molecular weight excluding hydrogens is 386 g/mol. The van der Waals surface area contributed by atoms with Gasteiger partial charge in [0.05, 0.1) is 23.1 Å². The van der Waals surface area contributed by atoms with E-state index >= 15 is 0 Å². The van der Waals surface area contributed by atoms with Crippen LogP contribution in [0.25, 0.3) is 11.1 Å². The maximum Gasteiger partial charge on any atom is 0.267 e. The van der Waals surface area contributed by atoms with Crippen molar-refractivity contribution in [2.24, 2.45) is 0 Å². The maximum absolute atomic E-state index is 12.9. The lowest BCUT2D eigenvalue weighted by Crippen LogP contribution is -2.35. The first kappa shape index (κ1) is 19.7. The number of hydrogen-bond donors (Lipinski definition) is 1. The van der Waals surface area contributed by atoms with Gasteiger partial charge in [0.25, 0.3) is 5.91 Å². The van der Waals surface area contributed by atoms with E-state index in [2.05, 4.69) is 27.5 Å². The van der Waals surface area contributed by atoms with Gasteiger partial charge >= 0.3 is 0 Å². The first-order valence-electron chi connectivity index (χ1n) is 9.72. The molecule has 0 bridgehead atoms. The fourth-order valence-electron chi connectivity index (χ4n) is 3.18. The second kappa shape index (κ2) is 8.00. The molecule has 0 saturated carbocycles. The van der Waals surface area contributed by atoms with Crippen LogP contribution < -0.4 is 10.2 Å². The van der Waals surface area contributed by atoms with Gasteiger partial charge in [0.15, 0.2) is 5.82 Å². The zero-order valence-corrected chi connectivity index (χ0v) is 17.7. The largest absolute Gasteiger partial charge is 0.378 e. The average molecular weight is 412 g/mol. The Morgan fingerprint density at radius 1 is 1.14 bits per heavy atom. The zero-order valence-electron chi connectivity index (χ0n) is 16.9. The summed E-state index contributed by atoms with van der Waals surface area (Å²) >= 11 is 1.50. The van der Waals surface area contributed by atoms with Crippen LogP contribution in [0.1, 0.15) is 36.2 Å². The molecule has 0 unspecified atom stereocenters. The number of ether oxygens (including phenoxy) is 1. The Balaban J connectivity index is 1.62. The molecule has 7 heteroatoms. The molecule has 0 aliphatic carbocycles. The number of benzene rings is 1. The van der Waals surface area contributed by atoms with Gasteiger partial charge in [0, 0.05) is 30.1 Å². The first-order valence-corrected chi connectivity index (χ1v) is 10.5. The van der Waals surface area contributed by atoms with Gasteiger partial charge in [0.2, 0.25) is 0 Å². The van der Waals surface area contributed by atoms with E-state index in [4.69, 9.17) is 9.26 Å². The number of aromatic nitrogens is 1. The van der Waals surface area contributed by atoms with E-state index in [9.17, 15) is 4.79 Å². The van der Waals surface area contributed by atoms with E-state index in [0.29, 0.717) is 23.9 Å². The van der Waals surface area contributed by atoms with E-state index in [0.717, 1.165) is 35.0 Å². The third kappa shape index (κ3) is 4.36. The van der Waals surface area contributed by atoms with Crippen LogP contribution in [-0.2, 0) is 10.2 Å². The molecule has 3 heterocycles. The van der Waals surface area contributed by atoms with Gasteiger partial charge in [0.1, 0.15) is 5.76 Å². The topological polar surface area (TPSA) is 67.6 Å². The SMILES string of the molecule is CC(C)(C)c1cc(NC(=O)c2cc(-c3ccccc3)c(N3CCOCC3)s2)no1. The second-order valence-electron chi connectivity index (χ2n) is 8.08. The van der Waals surface area contributed by atoms with E-state index in [1.54, 1.807) is 6.07 Å². The van der Waals surface area contributed by atoms with Crippen molar-refractivity contribution >= 4 is 28.1 Å². The number of rotatable bonds is 4. The summed E-state index contributed by atoms with van der Waals surface area (Å²) in [5.74, 6) is 0.987. The summed E-state index contributed by atoms with van der Waals surface area (Å²) in [5, 5.41) is 7.96. The second-order valence-corrected chi connectivity index (χ2v) is 9.11. The molecule has 1 saturated heterocycles. The van der Waals surface area contributed by atoms with Gasteiger partial charge in [-0.25, -0.2) is 0 Å². The number of carbonyl (C=O) groups is 1. The Kier molecular flexibility index (Phi) is 5.43. The van der Waals surface area contributed by atoms with Crippen LogP contribution in [0.5, 0.6) is 0 Å². The Hall–Kier alpha value is -2.64. The van der Waals surface area contributed by atoms with Crippen LogP contribution in [0.3, 0.4) is 0 Å². The van der Waals surface area contributed by atoms with E-state index in [1.165, 1.54) is 11.3 Å². The summed E-state index contributed by atoms with van der Waals surface area (Å²) < 4.78 is 10.9. The molecule has 1 N–H and O–H groups in total. The van der Waals surface area contributed by atoms with Crippen molar-refractivity contribution in [3.63, 3.8) is 0 Å². The molecule has 1 aliphatic rings. The van der Waals surface area contributed by atoms with E-state index in [1.807, 2.05) is 45.0 Å². The number of anilines is 2. The summed E-state index contributed by atoms with van der Waals surface area (Å²) in [7, 11) is 0. The Labute approximate surface area is 174 Å². The molecule has 4 rings (SSSR count). The molecule has 1 amide bonds. The number of nitrogens with one attached hydrogen (secondary N) is 1. The number of hydrogen-bond acceptors (Lipinski definition) is 6. The lowest BCUT2D eigenvalue weighted by Gasteiger charge is -2.28. The predicted octanol–water partition coefficient (Wildman–Crippen LogP) is 4.79. The Bertz CT molecular complexity index is 982. The Morgan fingerprint density at radius 2 is 1.86 bits per heavy atom. The summed E-state index contributed by atoms with van der Waals surface area (Å²) in [6.07, 6.45) is 0. The molecule has 3 aromatic rings. The maximum atomic E-state index is 12.9. The molecule has 29 heavy (non-hydrogen) atoms. The van der Waals surface area contributed by atoms with Crippen LogP contribution >= 0.6 is 11.3 Å². The van der Waals surface area contributed by atoms with Crippen LogP contribution in [0.4, 0.5) is 10.8 Å². The standard InChI is InChI=1S/C22H25N3O3S/c1-22(2,3)18-14-19(24-28-18)23-20(26)17-13-16(15-7-5-4-6-8-15)21(29-17)25-9-11-27-12-10-25/h4-8,13-14H,9-12H2,1-3H3,(H,23,24,26). The molecule has 0 atom stereocenters. The van der Waals surface area contributed by atoms with Gasteiger partial charge in [-0.05, 0) is 11.6 Å². The molecule has 1 fully saturated rings. The zero-order chi connectivity index (χ0) is 20.4.